The van der Waals surface area contributed by atoms with Crippen molar-refractivity contribution < 1.29 is 13.5 Å². The van der Waals surface area contributed by atoms with E-state index in [-0.39, 0.29) is 17.5 Å². The molecule has 96 valence electrons. The molecule has 5 heteroatoms. The van der Waals surface area contributed by atoms with Gasteiger partial charge in [0.05, 0.1) is 17.6 Å². The number of hydrogen-bond donors (Lipinski definition) is 2. The van der Waals surface area contributed by atoms with Crippen LogP contribution < -0.4 is 5.32 Å². The van der Waals surface area contributed by atoms with Gasteiger partial charge in [-0.15, -0.1) is 0 Å². The van der Waals surface area contributed by atoms with Crippen molar-refractivity contribution in [1.82, 2.24) is 5.32 Å². The SMILES string of the molecule is O=S1(=O)C[C@H](NC[C@@H]2C[C@@H]3C=C[C@@H]2C3)[C@@H](O)C1. The minimum absolute atomic E-state index is 0.0821. The first-order chi connectivity index (χ1) is 8.03. The molecule has 2 N–H and O–H groups in total. The Kier molecular flexibility index (Phi) is 2.80. The third kappa shape index (κ3) is 2.28. The van der Waals surface area contributed by atoms with Crippen molar-refractivity contribution in [3.05, 3.63) is 12.2 Å². The van der Waals surface area contributed by atoms with E-state index in [1.807, 2.05) is 0 Å². The molecule has 1 saturated heterocycles. The van der Waals surface area contributed by atoms with Crippen LogP contribution in [-0.4, -0.2) is 43.7 Å². The van der Waals surface area contributed by atoms with E-state index in [0.29, 0.717) is 11.8 Å². The van der Waals surface area contributed by atoms with Crippen LogP contribution in [0.4, 0.5) is 0 Å². The van der Waals surface area contributed by atoms with E-state index in [9.17, 15) is 13.5 Å². The van der Waals surface area contributed by atoms with Crippen LogP contribution in [-0.2, 0) is 9.84 Å². The minimum atomic E-state index is -3.03. The van der Waals surface area contributed by atoms with Crippen LogP contribution in [0.1, 0.15) is 12.8 Å². The zero-order valence-electron chi connectivity index (χ0n) is 9.75. The van der Waals surface area contributed by atoms with Gasteiger partial charge in [0.15, 0.2) is 9.84 Å². The first-order valence-electron chi connectivity index (χ1n) is 6.34. The molecule has 1 aliphatic heterocycles. The van der Waals surface area contributed by atoms with E-state index in [1.54, 1.807) is 0 Å². The molecule has 4 nitrogen and oxygen atoms in total. The van der Waals surface area contributed by atoms with Crippen molar-refractivity contribution in [2.45, 2.75) is 25.0 Å². The second-order valence-corrected chi connectivity index (χ2v) is 7.85. The van der Waals surface area contributed by atoms with E-state index in [2.05, 4.69) is 17.5 Å². The molecule has 2 bridgehead atoms. The Morgan fingerprint density at radius 2 is 2.06 bits per heavy atom. The van der Waals surface area contributed by atoms with Crippen molar-refractivity contribution in [3.63, 3.8) is 0 Å². The van der Waals surface area contributed by atoms with E-state index in [0.717, 1.165) is 12.5 Å². The number of aliphatic hydroxyl groups is 1. The van der Waals surface area contributed by atoms with E-state index >= 15 is 0 Å². The van der Waals surface area contributed by atoms with Crippen LogP contribution in [0.2, 0.25) is 0 Å². The molecular formula is C12H19NO3S. The Bertz CT molecular complexity index is 431. The van der Waals surface area contributed by atoms with E-state index in [4.69, 9.17) is 0 Å². The highest BCUT2D eigenvalue weighted by atomic mass is 32.2. The van der Waals surface area contributed by atoms with Crippen molar-refractivity contribution in [1.29, 1.82) is 0 Å². The zero-order valence-corrected chi connectivity index (χ0v) is 10.6. The lowest BCUT2D eigenvalue weighted by Gasteiger charge is -2.22. The van der Waals surface area contributed by atoms with Gasteiger partial charge in [0.2, 0.25) is 0 Å². The lowest BCUT2D eigenvalue weighted by Crippen LogP contribution is -2.41. The molecular weight excluding hydrogens is 238 g/mol. The predicted molar refractivity (Wildman–Crippen MR) is 65.3 cm³/mol. The Hall–Kier alpha value is -0.390. The fourth-order valence-electron chi connectivity index (χ4n) is 3.46. The molecule has 0 aromatic heterocycles. The number of aliphatic hydroxyl groups excluding tert-OH is 1. The molecule has 0 amide bonds. The Labute approximate surface area is 102 Å². The van der Waals surface area contributed by atoms with Gasteiger partial charge < -0.3 is 10.4 Å². The Morgan fingerprint density at radius 3 is 2.59 bits per heavy atom. The smallest absolute Gasteiger partial charge is 0.154 e. The molecule has 3 rings (SSSR count). The van der Waals surface area contributed by atoms with Gasteiger partial charge >= 0.3 is 0 Å². The van der Waals surface area contributed by atoms with Gasteiger partial charge in [0.1, 0.15) is 0 Å². The van der Waals surface area contributed by atoms with Crippen molar-refractivity contribution >= 4 is 9.84 Å². The van der Waals surface area contributed by atoms with Crippen LogP contribution in [0.25, 0.3) is 0 Å². The third-order valence-corrected chi connectivity index (χ3v) is 6.10. The summed E-state index contributed by atoms with van der Waals surface area (Å²) < 4.78 is 22.7. The fourth-order valence-corrected chi connectivity index (χ4v) is 5.23. The average molecular weight is 257 g/mol. The predicted octanol–water partition coefficient (Wildman–Crippen LogP) is -0.0539. The summed E-state index contributed by atoms with van der Waals surface area (Å²) in [4.78, 5) is 0. The highest BCUT2D eigenvalue weighted by Crippen LogP contribution is 2.43. The summed E-state index contributed by atoms with van der Waals surface area (Å²) in [6, 6.07) is -0.261. The summed E-state index contributed by atoms with van der Waals surface area (Å²) in [5.41, 5.74) is 0. The number of allylic oxidation sites excluding steroid dienone is 2. The van der Waals surface area contributed by atoms with E-state index in [1.165, 1.54) is 12.8 Å². The van der Waals surface area contributed by atoms with Crippen LogP contribution in [0.5, 0.6) is 0 Å². The van der Waals surface area contributed by atoms with Crippen LogP contribution in [0, 0.1) is 17.8 Å². The quantitative estimate of drug-likeness (QED) is 0.696. The standard InChI is InChI=1S/C12H19NO3S/c14-12-7-17(15,16)6-11(12)13-5-10-4-8-1-2-9(10)3-8/h1-2,8-14H,3-7H2/t8-,9-,10+,11+,12+/m1/s1. The summed E-state index contributed by atoms with van der Waals surface area (Å²) >= 11 is 0. The van der Waals surface area contributed by atoms with Gasteiger partial charge in [-0.3, -0.25) is 0 Å². The molecule has 2 fully saturated rings. The topological polar surface area (TPSA) is 66.4 Å². The molecule has 3 aliphatic rings. The maximum absolute atomic E-state index is 11.4. The molecule has 0 unspecified atom stereocenters. The Morgan fingerprint density at radius 1 is 1.24 bits per heavy atom. The molecule has 1 heterocycles. The molecule has 0 aromatic carbocycles. The summed E-state index contributed by atoms with van der Waals surface area (Å²) in [7, 11) is -3.03. The molecule has 0 radical (unpaired) electrons. The largest absolute Gasteiger partial charge is 0.390 e. The maximum Gasteiger partial charge on any atom is 0.154 e. The molecule has 5 atom stereocenters. The number of fused-ring (bicyclic) bond motifs is 2. The summed E-state index contributed by atoms with van der Waals surface area (Å²) in [5.74, 6) is 2.04. The van der Waals surface area contributed by atoms with Gasteiger partial charge in [0.25, 0.3) is 0 Å². The second kappa shape index (κ2) is 4.07. The molecule has 1 saturated carbocycles. The van der Waals surface area contributed by atoms with Crippen molar-refractivity contribution in [2.75, 3.05) is 18.1 Å². The lowest BCUT2D eigenvalue weighted by atomic mass is 9.93. The first kappa shape index (κ1) is 11.7. The van der Waals surface area contributed by atoms with Gasteiger partial charge in [-0.05, 0) is 37.1 Å². The average Bonchev–Trinajstić information content (AvgIpc) is 2.89. The lowest BCUT2D eigenvalue weighted by molar-refractivity contribution is 0.162. The van der Waals surface area contributed by atoms with Crippen LogP contribution >= 0.6 is 0 Å². The summed E-state index contributed by atoms with van der Waals surface area (Å²) in [6.07, 6.45) is 6.34. The first-order valence-corrected chi connectivity index (χ1v) is 8.16. The minimum Gasteiger partial charge on any atom is -0.390 e. The van der Waals surface area contributed by atoms with Gasteiger partial charge in [-0.1, -0.05) is 12.2 Å². The normalized spacial score (nSPS) is 46.8. The zero-order chi connectivity index (χ0) is 12.0. The highest BCUT2D eigenvalue weighted by molar-refractivity contribution is 7.91. The molecule has 0 aromatic rings. The van der Waals surface area contributed by atoms with Crippen LogP contribution in [0.3, 0.4) is 0 Å². The van der Waals surface area contributed by atoms with Gasteiger partial charge in [-0.2, -0.15) is 0 Å². The number of nitrogens with one attached hydrogen (secondary N) is 1. The summed E-state index contributed by atoms with van der Waals surface area (Å²) in [5, 5.41) is 12.9. The third-order valence-electron chi connectivity index (χ3n) is 4.38. The van der Waals surface area contributed by atoms with Gasteiger partial charge in [0, 0.05) is 6.04 Å². The monoisotopic (exact) mass is 257 g/mol. The maximum atomic E-state index is 11.4. The fraction of sp³-hybridized carbons (Fsp3) is 0.833. The molecule has 17 heavy (non-hydrogen) atoms. The van der Waals surface area contributed by atoms with Crippen molar-refractivity contribution in [2.24, 2.45) is 17.8 Å². The second-order valence-electron chi connectivity index (χ2n) is 5.70. The van der Waals surface area contributed by atoms with E-state index < -0.39 is 15.9 Å². The number of rotatable bonds is 3. The number of sulfone groups is 1. The number of hydrogen-bond acceptors (Lipinski definition) is 4. The summed E-state index contributed by atoms with van der Waals surface area (Å²) in [6.45, 7) is 0.836. The van der Waals surface area contributed by atoms with Gasteiger partial charge in [-0.25, -0.2) is 8.42 Å². The van der Waals surface area contributed by atoms with Crippen molar-refractivity contribution in [3.8, 4) is 0 Å². The highest BCUT2D eigenvalue weighted by Gasteiger charge is 2.39. The Balaban J connectivity index is 1.54. The molecule has 0 spiro atoms. The van der Waals surface area contributed by atoms with Crippen LogP contribution in [0.15, 0.2) is 12.2 Å². The molecule has 2 aliphatic carbocycles.